The molecule has 1 heterocycles. The molecule has 1 saturated heterocycles. The van der Waals surface area contributed by atoms with Crippen LogP contribution >= 0.6 is 0 Å². The maximum absolute atomic E-state index is 12.8. The molecule has 1 aliphatic heterocycles. The Morgan fingerprint density at radius 3 is 2.20 bits per heavy atom. The van der Waals surface area contributed by atoms with Gasteiger partial charge < -0.3 is 19.7 Å². The molecule has 9 nitrogen and oxygen atoms in total. The number of likely N-dealkylation sites (N-methyl/N-ethyl adjacent to an activating group) is 1. The van der Waals surface area contributed by atoms with Gasteiger partial charge in [-0.05, 0) is 119 Å². The van der Waals surface area contributed by atoms with Gasteiger partial charge in [0.15, 0.2) is 0 Å². The number of hydrogen-bond acceptors (Lipinski definition) is 8. The van der Waals surface area contributed by atoms with Crippen molar-refractivity contribution in [3.8, 4) is 0 Å². The summed E-state index contributed by atoms with van der Waals surface area (Å²) < 4.78 is 11.8. The number of rotatable bonds is 15. The number of amides is 1. The van der Waals surface area contributed by atoms with Crippen molar-refractivity contribution in [3.63, 3.8) is 0 Å². The van der Waals surface area contributed by atoms with Crippen molar-refractivity contribution in [3.05, 3.63) is 0 Å². The van der Waals surface area contributed by atoms with E-state index in [0.717, 1.165) is 95.6 Å². The van der Waals surface area contributed by atoms with Gasteiger partial charge >= 0.3 is 5.97 Å². The lowest BCUT2D eigenvalue weighted by atomic mass is 9.75. The van der Waals surface area contributed by atoms with Gasteiger partial charge in [-0.15, -0.1) is 0 Å². The van der Waals surface area contributed by atoms with Crippen LogP contribution in [-0.2, 0) is 19.1 Å². The quantitative estimate of drug-likeness (QED) is 0.206. The zero-order valence-electron chi connectivity index (χ0n) is 28.0. The minimum atomic E-state index is -0.280. The summed E-state index contributed by atoms with van der Waals surface area (Å²) >= 11 is 0. The van der Waals surface area contributed by atoms with Crippen molar-refractivity contribution in [2.75, 3.05) is 52.5 Å². The van der Waals surface area contributed by atoms with Gasteiger partial charge in [0, 0.05) is 31.6 Å². The smallest absolute Gasteiger partial charge is 0.325 e. The lowest BCUT2D eigenvalue weighted by Crippen LogP contribution is -2.63. The molecule has 4 N–H and O–H groups in total. The second-order valence-electron chi connectivity index (χ2n) is 14.7. The second-order valence-corrected chi connectivity index (χ2v) is 14.7. The summed E-state index contributed by atoms with van der Waals surface area (Å²) in [6, 6.07) is 0.539. The molecule has 4 aliphatic carbocycles. The van der Waals surface area contributed by atoms with E-state index in [0.29, 0.717) is 36.5 Å². The number of ether oxygens (including phenoxy) is 2. The topological polar surface area (TPSA) is 104 Å². The van der Waals surface area contributed by atoms with E-state index in [-0.39, 0.29) is 30.6 Å². The van der Waals surface area contributed by atoms with Gasteiger partial charge in [-0.2, -0.15) is 0 Å². The average molecular weight is 618 g/mol. The van der Waals surface area contributed by atoms with Gasteiger partial charge in [0.25, 0.3) is 0 Å². The van der Waals surface area contributed by atoms with E-state index in [2.05, 4.69) is 46.9 Å². The van der Waals surface area contributed by atoms with Crippen LogP contribution in [0.5, 0.6) is 0 Å². The molecule has 0 radical (unpaired) electrons. The molecule has 0 aromatic carbocycles. The van der Waals surface area contributed by atoms with E-state index < -0.39 is 0 Å². The van der Waals surface area contributed by atoms with E-state index in [9.17, 15) is 9.59 Å². The third-order valence-corrected chi connectivity index (χ3v) is 12.2. The maximum atomic E-state index is 12.8. The molecule has 5 rings (SSSR count). The first kappa shape index (κ1) is 34.1. The van der Waals surface area contributed by atoms with Gasteiger partial charge in [-0.1, -0.05) is 27.2 Å². The number of nitrogens with zero attached hydrogens (tertiary/aromatic N) is 1. The third kappa shape index (κ3) is 9.40. The lowest BCUT2D eigenvalue weighted by Gasteiger charge is -2.40. The number of fused-ring (bicyclic) bond motifs is 2. The van der Waals surface area contributed by atoms with E-state index >= 15 is 0 Å². The van der Waals surface area contributed by atoms with Crippen LogP contribution in [0, 0.1) is 41.4 Å². The highest BCUT2D eigenvalue weighted by molar-refractivity contribution is 5.83. The maximum Gasteiger partial charge on any atom is 0.325 e. The van der Waals surface area contributed by atoms with Crippen molar-refractivity contribution in [2.45, 2.75) is 116 Å². The number of nitrogens with one attached hydrogen (secondary N) is 4. The number of carbonyl (C=O) groups is 2. The molecule has 0 aromatic heterocycles. The van der Waals surface area contributed by atoms with E-state index in [1.807, 2.05) is 0 Å². The van der Waals surface area contributed by atoms with Crippen molar-refractivity contribution in [1.82, 2.24) is 26.2 Å². The Bertz CT molecular complexity index is 878. The van der Waals surface area contributed by atoms with Crippen LogP contribution in [0.1, 0.15) is 97.8 Å². The number of hydrogen-bond donors (Lipinski definition) is 4. The molecule has 1 amide bonds. The fourth-order valence-electron chi connectivity index (χ4n) is 9.37. The first-order valence-electron chi connectivity index (χ1n) is 18.5. The fraction of sp³-hybridized carbons (Fsp3) is 0.943. The molecule has 0 aromatic rings. The van der Waals surface area contributed by atoms with Crippen LogP contribution in [0.15, 0.2) is 0 Å². The Balaban J connectivity index is 0.898. The Hall–Kier alpha value is -1.26. The Kier molecular flexibility index (Phi) is 13.2. The molecule has 4 saturated carbocycles. The molecule has 9 heteroatoms. The van der Waals surface area contributed by atoms with Gasteiger partial charge in [0.2, 0.25) is 5.91 Å². The molecular formula is C35H63N5O4. The van der Waals surface area contributed by atoms with Crippen LogP contribution in [0.4, 0.5) is 0 Å². The van der Waals surface area contributed by atoms with Crippen LogP contribution < -0.4 is 21.3 Å². The molecule has 44 heavy (non-hydrogen) atoms. The summed E-state index contributed by atoms with van der Waals surface area (Å²) in [5.41, 5.74) is 0. The highest BCUT2D eigenvalue weighted by Gasteiger charge is 2.45. The third-order valence-electron chi connectivity index (χ3n) is 12.2. The molecular weight excluding hydrogens is 554 g/mol. The molecule has 0 spiro atoms. The summed E-state index contributed by atoms with van der Waals surface area (Å²) in [6.07, 6.45) is 14.3. The predicted molar refractivity (Wildman–Crippen MR) is 174 cm³/mol. The van der Waals surface area contributed by atoms with E-state index in [1.165, 1.54) is 38.5 Å². The Morgan fingerprint density at radius 2 is 1.55 bits per heavy atom. The Labute approximate surface area is 267 Å². The van der Waals surface area contributed by atoms with Crippen molar-refractivity contribution in [1.29, 1.82) is 0 Å². The van der Waals surface area contributed by atoms with Crippen LogP contribution in [-0.4, -0.2) is 87.7 Å². The summed E-state index contributed by atoms with van der Waals surface area (Å²) in [6.45, 7) is 13.4. The Morgan fingerprint density at radius 1 is 0.841 bits per heavy atom. The molecule has 5 aliphatic rings. The highest BCUT2D eigenvalue weighted by atomic mass is 16.5. The summed E-state index contributed by atoms with van der Waals surface area (Å²) in [5.74, 6) is 3.91. The normalized spacial score (nSPS) is 37.3. The van der Waals surface area contributed by atoms with Gasteiger partial charge in [0.05, 0.1) is 19.3 Å². The largest absolute Gasteiger partial charge is 0.464 e. The highest BCUT2D eigenvalue weighted by Crippen LogP contribution is 2.52. The number of carbonyl (C=O) groups excluding carboxylic acids is 2. The second kappa shape index (κ2) is 17.1. The number of esters is 1. The average Bonchev–Trinajstić information content (AvgIpc) is 3.67. The molecule has 252 valence electrons. The van der Waals surface area contributed by atoms with Crippen molar-refractivity contribution in [2.24, 2.45) is 41.4 Å². The van der Waals surface area contributed by atoms with Crippen LogP contribution in [0.25, 0.3) is 0 Å². The van der Waals surface area contributed by atoms with Gasteiger partial charge in [0.1, 0.15) is 12.8 Å². The summed E-state index contributed by atoms with van der Waals surface area (Å²) in [5, 5.41) is 14.1. The van der Waals surface area contributed by atoms with Gasteiger partial charge in [-0.25, -0.2) is 0 Å². The zero-order valence-corrected chi connectivity index (χ0v) is 28.0. The zero-order chi connectivity index (χ0) is 30.9. The molecule has 5 fully saturated rings. The monoisotopic (exact) mass is 617 g/mol. The lowest BCUT2D eigenvalue weighted by molar-refractivity contribution is -0.146. The first-order valence-corrected chi connectivity index (χ1v) is 18.5. The molecule has 2 bridgehead atoms. The molecule has 4 unspecified atom stereocenters. The van der Waals surface area contributed by atoms with Crippen LogP contribution in [0.2, 0.25) is 0 Å². The summed E-state index contributed by atoms with van der Waals surface area (Å²) in [7, 11) is 0. The standard InChI is InChI=1S/C35H63N5O4/c1-4-25-17-24-18-28(32(25)19-24)23-44-33(41)22-36-34(42)27-9-7-26(8-10-27)29-20-37-35(38-21-29)39-30-11-13-31(14-12-30)43-16-15-40(5-2)6-3/h24-32,35,37-39H,4-23H2,1-3H3,(H,36,42). The SMILES string of the molecule is CCC1CC2CC(COC(=O)CNC(=O)C3CCC(C4CNC(NC5CCC(OCCN(CC)CC)CC5)NC4)CC3)C1C2. The fourth-order valence-corrected chi connectivity index (χ4v) is 9.37. The summed E-state index contributed by atoms with van der Waals surface area (Å²) in [4.78, 5) is 27.6. The van der Waals surface area contributed by atoms with Crippen molar-refractivity contribution < 1.29 is 19.1 Å². The first-order chi connectivity index (χ1) is 21.4. The van der Waals surface area contributed by atoms with Crippen LogP contribution in [0.3, 0.4) is 0 Å². The predicted octanol–water partition coefficient (Wildman–Crippen LogP) is 3.88. The van der Waals surface area contributed by atoms with E-state index in [4.69, 9.17) is 9.47 Å². The molecule has 4 atom stereocenters. The van der Waals surface area contributed by atoms with Gasteiger partial charge in [-0.3, -0.25) is 25.5 Å². The minimum absolute atomic E-state index is 0.00691. The van der Waals surface area contributed by atoms with Crippen molar-refractivity contribution >= 4 is 11.9 Å². The minimum Gasteiger partial charge on any atom is -0.464 e. The van der Waals surface area contributed by atoms with E-state index in [1.54, 1.807) is 0 Å².